The number of rotatable bonds is 9. The van der Waals surface area contributed by atoms with Crippen LogP contribution in [0.3, 0.4) is 0 Å². The zero-order valence-corrected chi connectivity index (χ0v) is 17.8. The SMILES string of the molecule is CC(C)OC(=O)OC(C)OC(=O)C1=C(/C=C/CON=CC(F)F)CS[C@@H]2[C@H](N)C(=O)N12. The van der Waals surface area contributed by atoms with Gasteiger partial charge in [0.05, 0.1) is 6.10 Å². The van der Waals surface area contributed by atoms with E-state index in [1.165, 1.54) is 35.7 Å². The Bertz CT molecular complexity index is 788. The molecule has 0 spiro atoms. The van der Waals surface area contributed by atoms with Crippen LogP contribution in [0.1, 0.15) is 20.8 Å². The van der Waals surface area contributed by atoms with Crippen molar-refractivity contribution < 1.29 is 42.2 Å². The van der Waals surface area contributed by atoms with Crippen LogP contribution in [0.15, 0.2) is 28.6 Å². The lowest BCUT2D eigenvalue weighted by Crippen LogP contribution is -2.68. The summed E-state index contributed by atoms with van der Waals surface area (Å²) in [5, 5.41) is 2.65. The Balaban J connectivity index is 2.10. The van der Waals surface area contributed by atoms with E-state index in [-0.39, 0.29) is 12.3 Å². The van der Waals surface area contributed by atoms with Crippen LogP contribution in [0.2, 0.25) is 0 Å². The summed E-state index contributed by atoms with van der Waals surface area (Å²) in [6, 6.07) is -0.750. The molecule has 0 bridgehead atoms. The highest BCUT2D eigenvalue weighted by atomic mass is 32.2. The molecule has 2 aliphatic heterocycles. The van der Waals surface area contributed by atoms with Crippen LogP contribution in [0.25, 0.3) is 0 Å². The van der Waals surface area contributed by atoms with E-state index in [0.717, 1.165) is 0 Å². The summed E-state index contributed by atoms with van der Waals surface area (Å²) in [4.78, 5) is 42.4. The van der Waals surface area contributed by atoms with Gasteiger partial charge in [0.1, 0.15) is 29.9 Å². The second kappa shape index (κ2) is 11.1. The van der Waals surface area contributed by atoms with Crippen LogP contribution < -0.4 is 5.73 Å². The quantitative estimate of drug-likeness (QED) is 0.136. The van der Waals surface area contributed by atoms with Gasteiger partial charge >= 0.3 is 12.1 Å². The molecule has 3 atom stereocenters. The first-order chi connectivity index (χ1) is 14.6. The first kappa shape index (κ1) is 24.6. The average Bonchev–Trinajstić information content (AvgIpc) is 2.68. The first-order valence-electron chi connectivity index (χ1n) is 9.23. The van der Waals surface area contributed by atoms with Gasteiger partial charge in [-0.05, 0) is 25.5 Å². The van der Waals surface area contributed by atoms with Crippen LogP contribution in [0.4, 0.5) is 13.6 Å². The van der Waals surface area contributed by atoms with E-state index in [2.05, 4.69) is 9.99 Å². The molecule has 1 unspecified atom stereocenters. The van der Waals surface area contributed by atoms with E-state index in [9.17, 15) is 23.2 Å². The third kappa shape index (κ3) is 6.66. The third-order valence-electron chi connectivity index (χ3n) is 3.84. The molecule has 2 rings (SSSR count). The normalized spacial score (nSPS) is 22.1. The van der Waals surface area contributed by atoms with E-state index in [1.54, 1.807) is 13.8 Å². The fourth-order valence-corrected chi connectivity index (χ4v) is 3.87. The van der Waals surface area contributed by atoms with Crippen LogP contribution in [0, 0.1) is 0 Å². The Morgan fingerprint density at radius 2 is 2.00 bits per heavy atom. The largest absolute Gasteiger partial charge is 0.511 e. The lowest BCUT2D eigenvalue weighted by molar-refractivity contribution is -0.169. The van der Waals surface area contributed by atoms with Gasteiger partial charge in [0.2, 0.25) is 12.2 Å². The van der Waals surface area contributed by atoms with Crippen LogP contribution >= 0.6 is 11.8 Å². The molecule has 2 N–H and O–H groups in total. The number of hydrogen-bond donors (Lipinski definition) is 1. The molecular formula is C18H23F2N3O7S. The smallest absolute Gasteiger partial charge is 0.431 e. The number of β-lactam (4-membered cyclic amide) rings is 1. The molecule has 0 saturated carbocycles. The fraction of sp³-hybridized carbons (Fsp3) is 0.556. The summed E-state index contributed by atoms with van der Waals surface area (Å²) in [5.41, 5.74) is 6.16. The Morgan fingerprint density at radius 1 is 1.29 bits per heavy atom. The van der Waals surface area contributed by atoms with Gasteiger partial charge in [-0.15, -0.1) is 11.8 Å². The summed E-state index contributed by atoms with van der Waals surface area (Å²) in [5.74, 6) is -1.03. The number of nitrogens with two attached hydrogens (primary N) is 1. The van der Waals surface area contributed by atoms with Gasteiger partial charge in [0, 0.05) is 12.7 Å². The summed E-state index contributed by atoms with van der Waals surface area (Å²) < 4.78 is 38.8. The van der Waals surface area contributed by atoms with Gasteiger partial charge in [0.15, 0.2) is 0 Å². The Morgan fingerprint density at radius 3 is 2.65 bits per heavy atom. The lowest BCUT2D eigenvalue weighted by Gasteiger charge is -2.48. The summed E-state index contributed by atoms with van der Waals surface area (Å²) in [6.07, 6.45) is -2.17. The number of oxime groups is 1. The van der Waals surface area contributed by atoms with Gasteiger partial charge < -0.3 is 24.8 Å². The number of amides is 1. The standard InChI is InChI=1S/C18H23F2N3O7S/c1-9(2)28-18(26)30-10(3)29-17(25)14-11(5-4-6-27-22-7-12(19)20)8-31-16-13(21)15(24)23(14)16/h4-5,7,9-10,12-13,16H,6,8,21H2,1-3H3/b5-4+,22-7?/t10?,13-,16-/m1/s1. The zero-order valence-electron chi connectivity index (χ0n) is 17.0. The van der Waals surface area contributed by atoms with Crippen molar-refractivity contribution in [3.05, 3.63) is 23.4 Å². The van der Waals surface area contributed by atoms with Gasteiger partial charge in [-0.25, -0.2) is 18.4 Å². The molecule has 0 aliphatic carbocycles. The molecule has 2 heterocycles. The number of fused-ring (bicyclic) bond motifs is 1. The van der Waals surface area contributed by atoms with Crippen LogP contribution in [-0.4, -0.2) is 71.7 Å². The summed E-state index contributed by atoms with van der Waals surface area (Å²) >= 11 is 1.35. The monoisotopic (exact) mass is 463 g/mol. The minimum absolute atomic E-state index is 0.0459. The van der Waals surface area contributed by atoms with Gasteiger partial charge in [0.25, 0.3) is 6.43 Å². The first-order valence-corrected chi connectivity index (χ1v) is 10.3. The zero-order chi connectivity index (χ0) is 23.1. The van der Waals surface area contributed by atoms with Crippen LogP contribution in [-0.2, 0) is 28.6 Å². The van der Waals surface area contributed by atoms with Crippen LogP contribution in [0.5, 0.6) is 0 Å². The highest BCUT2D eigenvalue weighted by Gasteiger charge is 2.52. The number of alkyl halides is 2. The molecule has 2 aliphatic rings. The number of halogens is 2. The van der Waals surface area contributed by atoms with E-state index in [1.807, 2.05) is 0 Å². The Kier molecular flexibility index (Phi) is 8.80. The second-order valence-corrected chi connectivity index (χ2v) is 7.71. The fourth-order valence-electron chi connectivity index (χ4n) is 2.61. The molecule has 172 valence electrons. The number of carbonyl (C=O) groups is 3. The van der Waals surface area contributed by atoms with Crippen molar-refractivity contribution in [2.45, 2.75) is 51.0 Å². The van der Waals surface area contributed by atoms with Crippen molar-refractivity contribution in [3.63, 3.8) is 0 Å². The maximum Gasteiger partial charge on any atom is 0.511 e. The van der Waals surface area contributed by atoms with Crippen molar-refractivity contribution in [1.82, 2.24) is 4.90 Å². The summed E-state index contributed by atoms with van der Waals surface area (Å²) in [6.45, 7) is 4.44. The molecule has 1 fully saturated rings. The second-order valence-electron chi connectivity index (χ2n) is 6.60. The summed E-state index contributed by atoms with van der Waals surface area (Å²) in [7, 11) is 0. The highest BCUT2D eigenvalue weighted by molar-refractivity contribution is 8.00. The number of hydrogen-bond acceptors (Lipinski definition) is 10. The molecule has 0 radical (unpaired) electrons. The van der Waals surface area contributed by atoms with Gasteiger partial charge in [-0.1, -0.05) is 11.2 Å². The predicted octanol–water partition coefficient (Wildman–Crippen LogP) is 1.76. The maximum atomic E-state index is 12.7. The third-order valence-corrected chi connectivity index (χ3v) is 5.16. The van der Waals surface area contributed by atoms with E-state index in [4.69, 9.17) is 19.9 Å². The molecule has 1 saturated heterocycles. The predicted molar refractivity (Wildman–Crippen MR) is 106 cm³/mol. The molecule has 10 nitrogen and oxygen atoms in total. The molecule has 0 aromatic rings. The highest BCUT2D eigenvalue weighted by Crippen LogP contribution is 2.40. The number of nitrogens with zero attached hydrogens (tertiary/aromatic N) is 2. The number of ether oxygens (including phenoxy) is 3. The Hall–Kier alpha value is -2.67. The molecule has 31 heavy (non-hydrogen) atoms. The minimum Gasteiger partial charge on any atom is -0.431 e. The molecule has 0 aromatic carbocycles. The average molecular weight is 463 g/mol. The Labute approximate surface area is 181 Å². The maximum absolute atomic E-state index is 12.7. The van der Waals surface area contributed by atoms with E-state index < -0.39 is 48.3 Å². The number of esters is 1. The minimum atomic E-state index is -2.73. The molecule has 13 heteroatoms. The lowest BCUT2D eigenvalue weighted by atomic mass is 10.0. The number of thioether (sulfide) groups is 1. The van der Waals surface area contributed by atoms with Crippen molar-refractivity contribution in [2.75, 3.05) is 12.4 Å². The molecule has 1 amide bonds. The number of carbonyl (C=O) groups excluding carboxylic acids is 3. The van der Waals surface area contributed by atoms with E-state index in [0.29, 0.717) is 17.5 Å². The van der Waals surface area contributed by atoms with E-state index >= 15 is 0 Å². The molecular weight excluding hydrogens is 440 g/mol. The topological polar surface area (TPSA) is 130 Å². The van der Waals surface area contributed by atoms with Gasteiger partial charge in [-0.2, -0.15) is 0 Å². The van der Waals surface area contributed by atoms with Crippen molar-refractivity contribution >= 4 is 36.0 Å². The van der Waals surface area contributed by atoms with Crippen molar-refractivity contribution in [1.29, 1.82) is 0 Å². The van der Waals surface area contributed by atoms with Gasteiger partial charge in [-0.3, -0.25) is 9.69 Å². The van der Waals surface area contributed by atoms with Crippen molar-refractivity contribution in [2.24, 2.45) is 10.9 Å². The van der Waals surface area contributed by atoms with Crippen molar-refractivity contribution in [3.8, 4) is 0 Å². The number of allylic oxidation sites excluding steroid dienone is 1. The molecule has 0 aromatic heterocycles.